The van der Waals surface area contributed by atoms with Gasteiger partial charge in [0.25, 0.3) is 0 Å². The molecule has 10 aromatic carbocycles. The van der Waals surface area contributed by atoms with E-state index in [4.69, 9.17) is 8.83 Å². The van der Waals surface area contributed by atoms with Gasteiger partial charge < -0.3 is 18.6 Å². The minimum absolute atomic E-state index is 0.878. The summed E-state index contributed by atoms with van der Waals surface area (Å²) in [5.74, 6) is 0. The predicted octanol–water partition coefficient (Wildman–Crippen LogP) is 17.7. The number of furan rings is 2. The molecule has 0 fully saturated rings. The van der Waals surface area contributed by atoms with E-state index >= 15 is 0 Å². The molecule has 0 unspecified atom stereocenters. The number of hydrogen-bond donors (Lipinski definition) is 0. The van der Waals surface area contributed by atoms with Gasteiger partial charge in [-0.15, -0.1) is 11.3 Å². The maximum atomic E-state index is 6.63. The zero-order valence-corrected chi connectivity index (χ0v) is 35.4. The first kappa shape index (κ1) is 35.9. The van der Waals surface area contributed by atoms with Crippen molar-refractivity contribution < 1.29 is 8.83 Å². The van der Waals surface area contributed by atoms with Crippen LogP contribution in [-0.4, -0.2) is 0 Å². The maximum Gasteiger partial charge on any atom is 0.159 e. The number of rotatable bonds is 6. The highest BCUT2D eigenvalue weighted by Crippen LogP contribution is 2.47. The van der Waals surface area contributed by atoms with E-state index in [1.165, 1.54) is 52.8 Å². The monoisotopic (exact) mass is 826 g/mol. The highest BCUT2D eigenvalue weighted by molar-refractivity contribution is 7.26. The first-order chi connectivity index (χ1) is 31.0. The average molecular weight is 827 g/mol. The van der Waals surface area contributed by atoms with Crippen molar-refractivity contribution >= 4 is 131 Å². The molecule has 0 spiro atoms. The fraction of sp³-hybridized carbons (Fsp3) is 0.0345. The van der Waals surface area contributed by atoms with Crippen LogP contribution in [0, 0.1) is 13.8 Å². The summed E-state index contributed by atoms with van der Waals surface area (Å²) in [6, 6.07) is 70.0. The van der Waals surface area contributed by atoms with Crippen LogP contribution >= 0.6 is 11.3 Å². The summed E-state index contributed by atoms with van der Waals surface area (Å²) in [6.45, 7) is 4.36. The Hall–Kier alpha value is -7.86. The van der Waals surface area contributed by atoms with E-state index in [-0.39, 0.29) is 0 Å². The third-order valence-electron chi connectivity index (χ3n) is 12.8. The molecule has 5 heteroatoms. The van der Waals surface area contributed by atoms with Crippen molar-refractivity contribution in [3.8, 4) is 0 Å². The molecule has 0 aliphatic heterocycles. The van der Waals surface area contributed by atoms with Gasteiger partial charge in [-0.25, -0.2) is 0 Å². The first-order valence-electron chi connectivity index (χ1n) is 21.4. The SMILES string of the molecule is Cc1ccccc1N(c1ccc2cc3sc4cc5ccc(N(c6ccccc6C)c6cccc7c6oc6ccccc67)cc5cc4c3cc2c1)c1cccc2c1oc1ccccc12. The van der Waals surface area contributed by atoms with Crippen LogP contribution in [-0.2, 0) is 0 Å². The number of fused-ring (bicyclic) bond motifs is 11. The Labute approximate surface area is 367 Å². The molecule has 0 bridgehead atoms. The van der Waals surface area contributed by atoms with Crippen molar-refractivity contribution in [1.82, 2.24) is 0 Å². The van der Waals surface area contributed by atoms with Gasteiger partial charge in [0.05, 0.1) is 11.4 Å². The number of para-hydroxylation sites is 6. The molecular formula is C58H38N2O2S. The number of aryl methyl sites for hydroxylation is 2. The van der Waals surface area contributed by atoms with Gasteiger partial charge in [0, 0.05) is 64.5 Å². The van der Waals surface area contributed by atoms with Crippen molar-refractivity contribution in [1.29, 1.82) is 0 Å². The van der Waals surface area contributed by atoms with E-state index in [1.54, 1.807) is 0 Å². The number of benzene rings is 10. The van der Waals surface area contributed by atoms with E-state index in [0.29, 0.717) is 0 Å². The molecule has 298 valence electrons. The van der Waals surface area contributed by atoms with E-state index < -0.39 is 0 Å². The van der Waals surface area contributed by atoms with Crippen LogP contribution < -0.4 is 9.80 Å². The molecule has 13 rings (SSSR count). The molecule has 63 heavy (non-hydrogen) atoms. The van der Waals surface area contributed by atoms with E-state index in [9.17, 15) is 0 Å². The van der Waals surface area contributed by atoms with Crippen LogP contribution in [0.3, 0.4) is 0 Å². The highest BCUT2D eigenvalue weighted by atomic mass is 32.1. The van der Waals surface area contributed by atoms with Gasteiger partial charge in [-0.3, -0.25) is 0 Å². The summed E-state index contributed by atoms with van der Waals surface area (Å²) >= 11 is 1.86. The minimum atomic E-state index is 0.878. The summed E-state index contributed by atoms with van der Waals surface area (Å²) in [6.07, 6.45) is 0. The maximum absolute atomic E-state index is 6.63. The summed E-state index contributed by atoms with van der Waals surface area (Å²) in [7, 11) is 0. The zero-order chi connectivity index (χ0) is 41.8. The Balaban J connectivity index is 0.978. The van der Waals surface area contributed by atoms with Crippen molar-refractivity contribution in [2.24, 2.45) is 0 Å². The van der Waals surface area contributed by atoms with Crippen LogP contribution in [0.4, 0.5) is 34.1 Å². The molecule has 3 aromatic heterocycles. The van der Waals surface area contributed by atoms with Crippen LogP contribution in [0.25, 0.3) is 85.6 Å². The molecule has 0 aliphatic carbocycles. The molecule has 3 heterocycles. The summed E-state index contributed by atoms with van der Waals surface area (Å²) in [5.41, 5.74) is 12.3. The molecular weight excluding hydrogens is 789 g/mol. The normalized spacial score (nSPS) is 12.0. The third-order valence-corrected chi connectivity index (χ3v) is 13.9. The zero-order valence-electron chi connectivity index (χ0n) is 34.6. The molecule has 0 N–H and O–H groups in total. The smallest absolute Gasteiger partial charge is 0.159 e. The molecule has 4 nitrogen and oxygen atoms in total. The largest absolute Gasteiger partial charge is 0.454 e. The number of anilines is 6. The van der Waals surface area contributed by atoms with E-state index in [0.717, 1.165) is 78.0 Å². The van der Waals surface area contributed by atoms with Crippen LogP contribution in [0.15, 0.2) is 203 Å². The lowest BCUT2D eigenvalue weighted by atomic mass is 10.0. The predicted molar refractivity (Wildman–Crippen MR) is 268 cm³/mol. The summed E-state index contributed by atoms with van der Waals surface area (Å²) in [4.78, 5) is 4.72. The van der Waals surface area contributed by atoms with Crippen LogP contribution in [0.5, 0.6) is 0 Å². The number of nitrogens with zero attached hydrogens (tertiary/aromatic N) is 2. The molecule has 0 saturated carbocycles. The van der Waals surface area contributed by atoms with Gasteiger partial charge >= 0.3 is 0 Å². The average Bonchev–Trinajstić information content (AvgIpc) is 4.00. The minimum Gasteiger partial charge on any atom is -0.454 e. The van der Waals surface area contributed by atoms with Gasteiger partial charge in [-0.1, -0.05) is 109 Å². The topological polar surface area (TPSA) is 32.8 Å². The van der Waals surface area contributed by atoms with Gasteiger partial charge in [0.15, 0.2) is 11.2 Å². The summed E-state index contributed by atoms with van der Waals surface area (Å²) in [5, 5.41) is 11.8. The Morgan fingerprint density at radius 2 is 0.746 bits per heavy atom. The molecule has 0 atom stereocenters. The third kappa shape index (κ3) is 5.60. The number of hydrogen-bond acceptors (Lipinski definition) is 5. The molecule has 0 aliphatic rings. The van der Waals surface area contributed by atoms with Gasteiger partial charge in [-0.05, 0) is 131 Å². The molecule has 0 radical (unpaired) electrons. The standard InChI is InChI=1S/C58H38N2O2S/c1-35-13-3-7-19-49(35)59(51-21-11-17-45-43-15-5-9-23-53(43)61-57(45)51)41-27-25-37-33-55-47(31-39(37)29-41)48-32-40-30-42(28-26-38(40)34-56(48)63-55)60(50-20-8-4-14-36(50)2)52-22-12-18-46-44-16-6-10-24-54(44)62-58(46)52/h3-34H,1-2H3. The Morgan fingerprint density at radius 3 is 1.22 bits per heavy atom. The van der Waals surface area contributed by atoms with Gasteiger partial charge in [-0.2, -0.15) is 0 Å². The van der Waals surface area contributed by atoms with Gasteiger partial charge in [0.2, 0.25) is 0 Å². The van der Waals surface area contributed by atoms with Crippen molar-refractivity contribution in [2.45, 2.75) is 13.8 Å². The lowest BCUT2D eigenvalue weighted by Gasteiger charge is -2.27. The Kier molecular flexibility index (Phi) is 7.87. The van der Waals surface area contributed by atoms with Crippen molar-refractivity contribution in [2.75, 3.05) is 9.80 Å². The second-order valence-electron chi connectivity index (χ2n) is 16.6. The lowest BCUT2D eigenvalue weighted by Crippen LogP contribution is -2.11. The summed E-state index contributed by atoms with van der Waals surface area (Å²) < 4.78 is 15.8. The van der Waals surface area contributed by atoms with Gasteiger partial charge in [0.1, 0.15) is 11.2 Å². The second kappa shape index (κ2) is 13.8. The second-order valence-corrected chi connectivity index (χ2v) is 17.7. The van der Waals surface area contributed by atoms with Crippen molar-refractivity contribution in [3.63, 3.8) is 0 Å². The Bertz CT molecular complexity index is 3730. The van der Waals surface area contributed by atoms with E-state index in [1.807, 2.05) is 23.5 Å². The van der Waals surface area contributed by atoms with Crippen molar-refractivity contribution in [3.05, 3.63) is 205 Å². The molecule has 0 saturated heterocycles. The van der Waals surface area contributed by atoms with Crippen LogP contribution in [0.1, 0.15) is 11.1 Å². The fourth-order valence-electron chi connectivity index (χ4n) is 9.78. The molecule has 0 amide bonds. The highest BCUT2D eigenvalue weighted by Gasteiger charge is 2.23. The van der Waals surface area contributed by atoms with E-state index in [2.05, 4.69) is 206 Å². The molecule has 13 aromatic rings. The first-order valence-corrected chi connectivity index (χ1v) is 22.2. The Morgan fingerprint density at radius 1 is 0.333 bits per heavy atom. The number of thiophene rings is 1. The fourth-order valence-corrected chi connectivity index (χ4v) is 10.9. The quantitative estimate of drug-likeness (QED) is 0.167. The lowest BCUT2D eigenvalue weighted by molar-refractivity contribution is 0.668. The van der Waals surface area contributed by atoms with Crippen LogP contribution in [0.2, 0.25) is 0 Å².